The van der Waals surface area contributed by atoms with Crippen LogP contribution in [0.1, 0.15) is 46.4 Å². The zero-order valence-corrected chi connectivity index (χ0v) is 21.1. The smallest absolute Gasteiger partial charge is 0.191 e. The lowest BCUT2D eigenvalue weighted by Gasteiger charge is -2.22. The number of nitrogens with one attached hydrogen (secondary N) is 2. The number of aliphatic hydroxyl groups excluding tert-OH is 1. The molecule has 4 aromatic rings. The number of ether oxygens (including phenoxy) is 2. The second kappa shape index (κ2) is 11.0. The molecule has 0 fully saturated rings. The van der Waals surface area contributed by atoms with E-state index < -0.39 is 6.04 Å². The van der Waals surface area contributed by atoms with E-state index in [0.29, 0.717) is 62.0 Å². The van der Waals surface area contributed by atoms with Crippen LogP contribution >= 0.6 is 11.6 Å². The van der Waals surface area contributed by atoms with Crippen molar-refractivity contribution in [3.63, 3.8) is 0 Å². The van der Waals surface area contributed by atoms with Crippen molar-refractivity contribution in [1.82, 2.24) is 4.98 Å². The molecule has 1 unspecified atom stereocenters. The lowest BCUT2D eigenvalue weighted by Crippen LogP contribution is -2.23. The number of halogens is 2. The van der Waals surface area contributed by atoms with Gasteiger partial charge < -0.3 is 24.9 Å². The van der Waals surface area contributed by atoms with Gasteiger partial charge in [0.1, 0.15) is 23.4 Å². The quantitative estimate of drug-likeness (QED) is 0.209. The maximum absolute atomic E-state index is 14.1. The molecule has 36 heavy (non-hydrogen) atoms. The van der Waals surface area contributed by atoms with Gasteiger partial charge in [0.2, 0.25) is 0 Å². The number of hydrogen-bond acceptors (Lipinski definition) is 5. The lowest BCUT2D eigenvalue weighted by atomic mass is 9.93. The molecule has 0 aliphatic heterocycles. The first kappa shape index (κ1) is 25.5. The van der Waals surface area contributed by atoms with Crippen molar-refractivity contribution < 1.29 is 23.8 Å². The van der Waals surface area contributed by atoms with Crippen LogP contribution < -0.4 is 14.8 Å². The Bertz CT molecular complexity index is 1400. The van der Waals surface area contributed by atoms with Crippen LogP contribution in [0.15, 0.2) is 54.7 Å². The number of Topliss-reactive ketones (excluding diaryl/α,β-unsaturated/α-hetero) is 1. The summed E-state index contributed by atoms with van der Waals surface area (Å²) in [5.74, 6) is 0.549. The van der Waals surface area contributed by atoms with E-state index in [1.165, 1.54) is 6.07 Å². The van der Waals surface area contributed by atoms with Crippen molar-refractivity contribution in [3.8, 4) is 11.5 Å². The number of fused-ring (bicyclic) bond motifs is 1. The molecule has 3 aromatic carbocycles. The fourth-order valence-electron chi connectivity index (χ4n) is 4.20. The highest BCUT2D eigenvalue weighted by atomic mass is 35.5. The predicted octanol–water partition coefficient (Wildman–Crippen LogP) is 6.59. The maximum atomic E-state index is 14.1. The standard InChI is InChI=1S/C28H28ClFN2O4/c1-4-9-36-21-12-19(11-20(13-21)35-3)32-27(22-6-5-18(29)10-17(22)15-33)28(34)24-14-31-26-16(2)25(30)8-7-23(24)26/h5-8,10-14,27,31-33H,4,9,15H2,1-3H3. The summed E-state index contributed by atoms with van der Waals surface area (Å²) in [6, 6.07) is 12.4. The van der Waals surface area contributed by atoms with Gasteiger partial charge in [-0.25, -0.2) is 4.39 Å². The molecule has 6 nitrogen and oxygen atoms in total. The number of H-pyrrole nitrogens is 1. The van der Waals surface area contributed by atoms with Crippen LogP contribution in [0, 0.1) is 12.7 Å². The van der Waals surface area contributed by atoms with E-state index >= 15 is 0 Å². The summed E-state index contributed by atoms with van der Waals surface area (Å²) in [6.45, 7) is 3.91. The molecule has 0 aliphatic carbocycles. The Morgan fingerprint density at radius 2 is 1.94 bits per heavy atom. The van der Waals surface area contributed by atoms with E-state index in [9.17, 15) is 14.3 Å². The first-order valence-corrected chi connectivity index (χ1v) is 12.0. The summed E-state index contributed by atoms with van der Waals surface area (Å²) in [5, 5.41) is 14.4. The molecule has 4 rings (SSSR count). The van der Waals surface area contributed by atoms with Crippen LogP contribution in [0.2, 0.25) is 5.02 Å². The monoisotopic (exact) mass is 510 g/mol. The number of benzene rings is 3. The summed E-state index contributed by atoms with van der Waals surface area (Å²) in [7, 11) is 1.56. The predicted molar refractivity (Wildman–Crippen MR) is 140 cm³/mol. The molecule has 8 heteroatoms. The first-order valence-electron chi connectivity index (χ1n) is 11.6. The number of ketones is 1. The van der Waals surface area contributed by atoms with E-state index in [1.54, 1.807) is 62.7 Å². The molecule has 3 N–H and O–H groups in total. The summed E-state index contributed by atoms with van der Waals surface area (Å²) in [5.41, 5.74) is 3.07. The molecular formula is C28H28ClFN2O4. The SMILES string of the molecule is CCCOc1cc(NC(C(=O)c2c[nH]c3c(C)c(F)ccc23)c2ccc(Cl)cc2CO)cc(OC)c1. The van der Waals surface area contributed by atoms with E-state index in [4.69, 9.17) is 21.1 Å². The molecule has 188 valence electrons. The molecular weight excluding hydrogens is 483 g/mol. The van der Waals surface area contributed by atoms with Crippen molar-refractivity contribution in [2.45, 2.75) is 32.9 Å². The number of rotatable bonds is 10. The van der Waals surface area contributed by atoms with Crippen LogP contribution in [-0.4, -0.2) is 29.6 Å². The molecule has 0 saturated heterocycles. The molecule has 1 atom stereocenters. The topological polar surface area (TPSA) is 83.6 Å². The van der Waals surface area contributed by atoms with Crippen molar-refractivity contribution in [2.75, 3.05) is 19.0 Å². The largest absolute Gasteiger partial charge is 0.497 e. The zero-order valence-electron chi connectivity index (χ0n) is 20.3. The number of methoxy groups -OCH3 is 1. The van der Waals surface area contributed by atoms with Gasteiger partial charge >= 0.3 is 0 Å². The third-order valence-electron chi connectivity index (χ3n) is 6.06. The minimum absolute atomic E-state index is 0.261. The van der Waals surface area contributed by atoms with Crippen LogP contribution in [0.5, 0.6) is 11.5 Å². The maximum Gasteiger partial charge on any atom is 0.191 e. The number of aryl methyl sites for hydroxylation is 1. The molecule has 0 saturated carbocycles. The number of hydrogen-bond donors (Lipinski definition) is 3. The van der Waals surface area contributed by atoms with E-state index in [-0.39, 0.29) is 18.2 Å². The van der Waals surface area contributed by atoms with E-state index in [0.717, 1.165) is 6.42 Å². The Morgan fingerprint density at radius 1 is 1.17 bits per heavy atom. The summed E-state index contributed by atoms with van der Waals surface area (Å²) < 4.78 is 25.4. The van der Waals surface area contributed by atoms with Crippen molar-refractivity contribution in [3.05, 3.63) is 87.8 Å². The van der Waals surface area contributed by atoms with Crippen molar-refractivity contribution in [1.29, 1.82) is 0 Å². The van der Waals surface area contributed by atoms with Gasteiger partial charge in [-0.1, -0.05) is 24.6 Å². The molecule has 1 aromatic heterocycles. The highest BCUT2D eigenvalue weighted by molar-refractivity contribution is 6.30. The number of carbonyl (C=O) groups excluding carboxylic acids is 1. The number of aromatic nitrogens is 1. The summed E-state index contributed by atoms with van der Waals surface area (Å²) in [6.07, 6.45) is 2.43. The minimum atomic E-state index is -0.889. The molecule has 1 heterocycles. The zero-order chi connectivity index (χ0) is 25.8. The minimum Gasteiger partial charge on any atom is -0.497 e. The Balaban J connectivity index is 1.82. The van der Waals surface area contributed by atoms with Crippen LogP contribution in [0.25, 0.3) is 10.9 Å². The molecule has 0 spiro atoms. The van der Waals surface area contributed by atoms with Crippen LogP contribution in [0.3, 0.4) is 0 Å². The van der Waals surface area contributed by atoms with Gasteiger partial charge in [0, 0.05) is 51.6 Å². The van der Waals surface area contributed by atoms with Gasteiger partial charge in [-0.2, -0.15) is 0 Å². The number of carbonyl (C=O) groups is 1. The summed E-state index contributed by atoms with van der Waals surface area (Å²) >= 11 is 6.17. The van der Waals surface area contributed by atoms with Crippen LogP contribution in [0.4, 0.5) is 10.1 Å². The van der Waals surface area contributed by atoms with Crippen molar-refractivity contribution in [2.24, 2.45) is 0 Å². The van der Waals surface area contributed by atoms with Gasteiger partial charge in [0.05, 0.1) is 25.8 Å². The highest BCUT2D eigenvalue weighted by Gasteiger charge is 2.27. The molecule has 0 radical (unpaired) electrons. The fourth-order valence-corrected chi connectivity index (χ4v) is 4.39. The first-order chi connectivity index (χ1) is 17.4. The lowest BCUT2D eigenvalue weighted by molar-refractivity contribution is 0.0970. The summed E-state index contributed by atoms with van der Waals surface area (Å²) in [4.78, 5) is 17.1. The number of aromatic amines is 1. The Morgan fingerprint density at radius 3 is 2.67 bits per heavy atom. The average molecular weight is 511 g/mol. The number of anilines is 1. The van der Waals surface area contributed by atoms with E-state index in [1.807, 2.05) is 6.92 Å². The van der Waals surface area contributed by atoms with Crippen molar-refractivity contribution >= 4 is 34.0 Å². The highest BCUT2D eigenvalue weighted by Crippen LogP contribution is 2.34. The molecule has 0 bridgehead atoms. The van der Waals surface area contributed by atoms with Gasteiger partial charge in [0.15, 0.2) is 5.78 Å². The average Bonchev–Trinajstić information content (AvgIpc) is 3.32. The van der Waals surface area contributed by atoms with Crippen LogP contribution in [-0.2, 0) is 6.61 Å². The third kappa shape index (κ3) is 5.17. The van der Waals surface area contributed by atoms with E-state index in [2.05, 4.69) is 10.3 Å². The number of aliphatic hydroxyl groups is 1. The van der Waals surface area contributed by atoms with Gasteiger partial charge in [-0.05, 0) is 48.7 Å². The second-order valence-corrected chi connectivity index (χ2v) is 8.92. The van der Waals surface area contributed by atoms with Gasteiger partial charge in [-0.15, -0.1) is 0 Å². The Kier molecular flexibility index (Phi) is 7.82. The fraction of sp³-hybridized carbons (Fsp3) is 0.250. The molecule has 0 aliphatic rings. The van der Waals surface area contributed by atoms with Gasteiger partial charge in [0.25, 0.3) is 0 Å². The molecule has 0 amide bonds. The second-order valence-electron chi connectivity index (χ2n) is 8.49. The third-order valence-corrected chi connectivity index (χ3v) is 6.30. The van der Waals surface area contributed by atoms with Gasteiger partial charge in [-0.3, -0.25) is 4.79 Å². The Hall–Kier alpha value is -3.55. The normalized spacial score (nSPS) is 11.9. The Labute approximate surface area is 214 Å².